The van der Waals surface area contributed by atoms with E-state index in [4.69, 9.17) is 4.74 Å². The van der Waals surface area contributed by atoms with Crippen LogP contribution in [-0.2, 0) is 17.7 Å². The highest BCUT2D eigenvalue weighted by Crippen LogP contribution is 2.29. The molecule has 2 aromatic carbocycles. The van der Waals surface area contributed by atoms with E-state index in [9.17, 15) is 9.90 Å². The lowest BCUT2D eigenvalue weighted by atomic mass is 10.0. The fourth-order valence-corrected chi connectivity index (χ4v) is 4.07. The first kappa shape index (κ1) is 22.3. The number of hydrogen-bond acceptors (Lipinski definition) is 5. The molecule has 1 saturated heterocycles. The Morgan fingerprint density at radius 3 is 2.78 bits per heavy atom. The van der Waals surface area contributed by atoms with Crippen LogP contribution in [0.5, 0.6) is 5.75 Å². The summed E-state index contributed by atoms with van der Waals surface area (Å²) in [5.74, 6) is 0.276. The van der Waals surface area contributed by atoms with Crippen molar-refractivity contribution in [1.82, 2.24) is 15.1 Å². The third-order valence-electron chi connectivity index (χ3n) is 6.06. The van der Waals surface area contributed by atoms with Gasteiger partial charge in [-0.15, -0.1) is 0 Å². The van der Waals surface area contributed by atoms with E-state index in [0.29, 0.717) is 5.92 Å². The largest absolute Gasteiger partial charge is 0.507 e. The average Bonchev–Trinajstić information content (AvgIpc) is 3.18. The Hall–Kier alpha value is -2.90. The van der Waals surface area contributed by atoms with Gasteiger partial charge in [0.05, 0.1) is 30.0 Å². The van der Waals surface area contributed by atoms with Crippen molar-refractivity contribution in [2.75, 3.05) is 38.3 Å². The summed E-state index contributed by atoms with van der Waals surface area (Å²) < 4.78 is 5.43. The van der Waals surface area contributed by atoms with Gasteiger partial charge in [-0.25, -0.2) is 0 Å². The van der Waals surface area contributed by atoms with Crippen molar-refractivity contribution in [2.45, 2.75) is 33.2 Å². The number of aromatic amines is 1. The SMILES string of the molecule is CC(C)CCc1n[nH]c2cc(O)c(C(=O)N(C)c3cccc(CN4CCOCC4)c3)cc12. The van der Waals surface area contributed by atoms with Crippen molar-refractivity contribution < 1.29 is 14.6 Å². The molecule has 0 saturated carbocycles. The number of nitrogens with one attached hydrogen (secondary N) is 1. The molecule has 1 aromatic heterocycles. The second kappa shape index (κ2) is 9.71. The number of aryl methyl sites for hydroxylation is 1. The van der Waals surface area contributed by atoms with Crippen molar-refractivity contribution in [3.05, 3.63) is 53.2 Å². The summed E-state index contributed by atoms with van der Waals surface area (Å²) in [6, 6.07) is 11.4. The molecule has 1 aliphatic heterocycles. The molecule has 170 valence electrons. The lowest BCUT2D eigenvalue weighted by molar-refractivity contribution is 0.0342. The van der Waals surface area contributed by atoms with Gasteiger partial charge in [0.15, 0.2) is 0 Å². The smallest absolute Gasteiger partial charge is 0.261 e. The number of amides is 1. The third kappa shape index (κ3) is 4.95. The van der Waals surface area contributed by atoms with Crippen LogP contribution in [0.1, 0.15) is 41.9 Å². The average molecular weight is 437 g/mol. The van der Waals surface area contributed by atoms with Gasteiger partial charge in [0.2, 0.25) is 0 Å². The van der Waals surface area contributed by atoms with Crippen LogP contribution >= 0.6 is 0 Å². The van der Waals surface area contributed by atoms with Gasteiger partial charge in [0.25, 0.3) is 5.91 Å². The molecule has 0 atom stereocenters. The molecule has 0 radical (unpaired) electrons. The number of carbonyl (C=O) groups excluding carboxylic acids is 1. The Morgan fingerprint density at radius 2 is 2.03 bits per heavy atom. The van der Waals surface area contributed by atoms with Crippen molar-refractivity contribution in [3.63, 3.8) is 0 Å². The molecule has 1 aliphatic rings. The quantitative estimate of drug-likeness (QED) is 0.586. The summed E-state index contributed by atoms with van der Waals surface area (Å²) in [5.41, 5.74) is 3.90. The number of nitrogens with zero attached hydrogens (tertiary/aromatic N) is 3. The van der Waals surface area contributed by atoms with Crippen LogP contribution in [0.3, 0.4) is 0 Å². The second-order valence-electron chi connectivity index (χ2n) is 8.94. The fraction of sp³-hybridized carbons (Fsp3) is 0.440. The first-order chi connectivity index (χ1) is 15.4. The Kier molecular flexibility index (Phi) is 6.77. The number of benzene rings is 2. The van der Waals surface area contributed by atoms with E-state index in [-0.39, 0.29) is 17.2 Å². The second-order valence-corrected chi connectivity index (χ2v) is 8.94. The Morgan fingerprint density at radius 1 is 1.25 bits per heavy atom. The molecular formula is C25H32N4O3. The molecule has 7 nitrogen and oxygen atoms in total. The number of H-pyrrole nitrogens is 1. The summed E-state index contributed by atoms with van der Waals surface area (Å²) in [6.45, 7) is 8.52. The Balaban J connectivity index is 1.56. The highest BCUT2D eigenvalue weighted by molar-refractivity contribution is 6.09. The molecule has 0 aliphatic carbocycles. The zero-order chi connectivity index (χ0) is 22.7. The maximum absolute atomic E-state index is 13.3. The third-order valence-corrected chi connectivity index (χ3v) is 6.06. The number of anilines is 1. The summed E-state index contributed by atoms with van der Waals surface area (Å²) in [5, 5.41) is 18.8. The lowest BCUT2D eigenvalue weighted by Gasteiger charge is -2.27. The Labute approximate surface area is 189 Å². The summed E-state index contributed by atoms with van der Waals surface area (Å²) in [6.07, 6.45) is 1.84. The molecule has 0 spiro atoms. The van der Waals surface area contributed by atoms with E-state index < -0.39 is 0 Å². The van der Waals surface area contributed by atoms with E-state index in [0.717, 1.165) is 73.5 Å². The van der Waals surface area contributed by atoms with Crippen LogP contribution in [0.2, 0.25) is 0 Å². The topological polar surface area (TPSA) is 81.7 Å². The molecule has 2 N–H and O–H groups in total. The number of ether oxygens (including phenoxy) is 1. The van der Waals surface area contributed by atoms with Crippen LogP contribution in [0, 0.1) is 5.92 Å². The number of hydrogen-bond donors (Lipinski definition) is 2. The van der Waals surface area contributed by atoms with E-state index in [2.05, 4.69) is 35.0 Å². The van der Waals surface area contributed by atoms with Crippen molar-refractivity contribution in [3.8, 4) is 5.75 Å². The van der Waals surface area contributed by atoms with Gasteiger partial charge in [-0.05, 0) is 42.5 Å². The molecule has 3 aromatic rings. The van der Waals surface area contributed by atoms with Crippen molar-refractivity contribution >= 4 is 22.5 Å². The number of rotatable bonds is 7. The standard InChI is InChI=1S/C25H32N4O3/c1-17(2)7-8-22-20-14-21(24(30)15-23(20)27-26-22)25(31)28(3)19-6-4-5-18(13-19)16-29-9-11-32-12-10-29/h4-6,13-15,17,30H,7-12,16H2,1-3H3,(H,26,27). The van der Waals surface area contributed by atoms with Crippen LogP contribution in [-0.4, -0.2) is 59.5 Å². The first-order valence-electron chi connectivity index (χ1n) is 11.3. The first-order valence-corrected chi connectivity index (χ1v) is 11.3. The van der Waals surface area contributed by atoms with E-state index in [1.165, 1.54) is 0 Å². The van der Waals surface area contributed by atoms with Crippen LogP contribution in [0.4, 0.5) is 5.69 Å². The lowest BCUT2D eigenvalue weighted by Crippen LogP contribution is -2.35. The molecule has 32 heavy (non-hydrogen) atoms. The minimum absolute atomic E-state index is 0.0436. The van der Waals surface area contributed by atoms with Crippen molar-refractivity contribution in [1.29, 1.82) is 0 Å². The predicted molar refractivity (Wildman–Crippen MR) is 126 cm³/mol. The maximum Gasteiger partial charge on any atom is 0.261 e. The van der Waals surface area contributed by atoms with Gasteiger partial charge < -0.3 is 14.7 Å². The van der Waals surface area contributed by atoms with Gasteiger partial charge >= 0.3 is 0 Å². The fourth-order valence-electron chi connectivity index (χ4n) is 4.07. The molecule has 0 bridgehead atoms. The molecule has 0 unspecified atom stereocenters. The van der Waals surface area contributed by atoms with Crippen LogP contribution < -0.4 is 4.90 Å². The van der Waals surface area contributed by atoms with Crippen LogP contribution in [0.25, 0.3) is 10.9 Å². The monoisotopic (exact) mass is 436 g/mol. The van der Waals surface area contributed by atoms with Gasteiger partial charge in [-0.1, -0.05) is 26.0 Å². The molecular weight excluding hydrogens is 404 g/mol. The molecule has 7 heteroatoms. The Bertz CT molecular complexity index is 1090. The number of aromatic hydroxyl groups is 1. The number of aromatic nitrogens is 2. The highest BCUT2D eigenvalue weighted by atomic mass is 16.5. The van der Waals surface area contributed by atoms with Crippen molar-refractivity contribution in [2.24, 2.45) is 5.92 Å². The zero-order valence-corrected chi connectivity index (χ0v) is 19.1. The predicted octanol–water partition coefficient (Wildman–Crippen LogP) is 3.97. The molecule has 1 amide bonds. The van der Waals surface area contributed by atoms with Gasteiger partial charge in [0.1, 0.15) is 5.75 Å². The van der Waals surface area contributed by atoms with Gasteiger partial charge in [-0.3, -0.25) is 14.8 Å². The van der Waals surface area contributed by atoms with E-state index >= 15 is 0 Å². The number of phenols is 1. The van der Waals surface area contributed by atoms with E-state index in [1.807, 2.05) is 18.2 Å². The molecule has 2 heterocycles. The van der Waals surface area contributed by atoms with E-state index in [1.54, 1.807) is 24.1 Å². The summed E-state index contributed by atoms with van der Waals surface area (Å²) in [4.78, 5) is 17.3. The number of morpholine rings is 1. The minimum Gasteiger partial charge on any atom is -0.507 e. The van der Waals surface area contributed by atoms with Gasteiger partial charge in [-0.2, -0.15) is 5.10 Å². The zero-order valence-electron chi connectivity index (χ0n) is 19.1. The normalized spacial score (nSPS) is 14.9. The summed E-state index contributed by atoms with van der Waals surface area (Å²) in [7, 11) is 1.74. The highest BCUT2D eigenvalue weighted by Gasteiger charge is 2.21. The number of phenolic OH excluding ortho intramolecular Hbond substituents is 1. The molecule has 4 rings (SSSR count). The minimum atomic E-state index is -0.246. The maximum atomic E-state index is 13.3. The summed E-state index contributed by atoms with van der Waals surface area (Å²) >= 11 is 0. The molecule has 1 fully saturated rings. The van der Waals surface area contributed by atoms with Gasteiger partial charge in [0, 0.05) is 43.8 Å². The van der Waals surface area contributed by atoms with Crippen LogP contribution in [0.15, 0.2) is 36.4 Å². The number of carbonyl (C=O) groups is 1. The number of fused-ring (bicyclic) bond motifs is 1.